The molecule has 0 fully saturated rings. The summed E-state index contributed by atoms with van der Waals surface area (Å²) in [6.07, 6.45) is 1.69. The van der Waals surface area contributed by atoms with Crippen molar-refractivity contribution in [2.24, 2.45) is 4.99 Å². The van der Waals surface area contributed by atoms with Gasteiger partial charge in [-0.05, 0) is 23.6 Å². The first-order chi connectivity index (χ1) is 9.34. The Morgan fingerprint density at radius 2 is 1.50 bits per heavy atom. The Hall–Kier alpha value is -2.10. The van der Waals surface area contributed by atoms with Gasteiger partial charge in [-0.1, -0.05) is 48.5 Å². The molecule has 1 radical (unpaired) electrons. The smallest absolute Gasteiger partial charge is 0.124 e. The molecule has 0 saturated carbocycles. The van der Waals surface area contributed by atoms with Gasteiger partial charge in [-0.2, -0.15) is 0 Å². The molecular weight excluding hydrogens is 293 g/mol. The second-order valence-electron chi connectivity index (χ2n) is 4.32. The van der Waals surface area contributed by atoms with Crippen LogP contribution in [0.4, 0.5) is 5.69 Å². The Morgan fingerprint density at radius 3 is 2.35 bits per heavy atom. The number of rotatable bonds is 2. The molecule has 3 aromatic rings. The van der Waals surface area contributed by atoms with Gasteiger partial charge in [0.25, 0.3) is 0 Å². The summed E-state index contributed by atoms with van der Waals surface area (Å²) in [7, 11) is 0. The van der Waals surface area contributed by atoms with Crippen LogP contribution in [0.2, 0.25) is 0 Å². The monoisotopic (exact) mass is 306 g/mol. The standard InChI is InChI=1S/C17H13NO.Co/c19-17-11-4-2-7-14(17)12-18-16-10-5-8-13-6-1-3-9-15(13)16;/h1-12,19H;. The minimum absolute atomic E-state index is 0. The number of phenolic OH excluding ortho intramolecular Hbond substituents is 1. The average molecular weight is 306 g/mol. The fourth-order valence-electron chi connectivity index (χ4n) is 2.06. The van der Waals surface area contributed by atoms with E-state index in [1.807, 2.05) is 42.5 Å². The van der Waals surface area contributed by atoms with Crippen molar-refractivity contribution < 1.29 is 21.9 Å². The molecule has 101 valence electrons. The number of benzene rings is 3. The quantitative estimate of drug-likeness (QED) is 0.704. The van der Waals surface area contributed by atoms with E-state index in [4.69, 9.17) is 0 Å². The third-order valence-corrected chi connectivity index (χ3v) is 3.05. The van der Waals surface area contributed by atoms with Crippen molar-refractivity contribution >= 4 is 22.7 Å². The predicted octanol–water partition coefficient (Wildman–Crippen LogP) is 4.29. The van der Waals surface area contributed by atoms with Gasteiger partial charge in [0.15, 0.2) is 0 Å². The first-order valence-corrected chi connectivity index (χ1v) is 6.14. The zero-order valence-electron chi connectivity index (χ0n) is 10.7. The van der Waals surface area contributed by atoms with Gasteiger partial charge in [0.2, 0.25) is 0 Å². The first-order valence-electron chi connectivity index (χ1n) is 6.14. The van der Waals surface area contributed by atoms with E-state index >= 15 is 0 Å². The van der Waals surface area contributed by atoms with E-state index < -0.39 is 0 Å². The molecule has 0 unspecified atom stereocenters. The molecule has 0 aromatic heterocycles. The molecular formula is C17H13CoNO. The fourth-order valence-corrected chi connectivity index (χ4v) is 2.06. The van der Waals surface area contributed by atoms with Gasteiger partial charge in [-0.25, -0.2) is 0 Å². The summed E-state index contributed by atoms with van der Waals surface area (Å²) >= 11 is 0. The Kier molecular flexibility index (Phi) is 4.55. The van der Waals surface area contributed by atoms with E-state index in [1.54, 1.807) is 18.3 Å². The SMILES string of the molecule is Oc1ccccc1C=Nc1cccc2ccccc12.[Co]. The Morgan fingerprint density at radius 1 is 0.800 bits per heavy atom. The molecule has 0 aliphatic carbocycles. The predicted molar refractivity (Wildman–Crippen MR) is 79.3 cm³/mol. The van der Waals surface area contributed by atoms with Gasteiger partial charge in [-0.3, -0.25) is 4.99 Å². The minimum Gasteiger partial charge on any atom is -0.507 e. The van der Waals surface area contributed by atoms with Crippen LogP contribution in [0.5, 0.6) is 5.75 Å². The molecule has 2 nitrogen and oxygen atoms in total. The van der Waals surface area contributed by atoms with Gasteiger partial charge in [-0.15, -0.1) is 0 Å². The van der Waals surface area contributed by atoms with E-state index in [0.29, 0.717) is 0 Å². The van der Waals surface area contributed by atoms with Crippen LogP contribution in [0.1, 0.15) is 5.56 Å². The van der Waals surface area contributed by atoms with Crippen molar-refractivity contribution in [3.8, 4) is 5.75 Å². The Balaban J connectivity index is 0.00000147. The molecule has 1 N–H and O–H groups in total. The summed E-state index contributed by atoms with van der Waals surface area (Å²) in [4.78, 5) is 4.48. The first kappa shape index (κ1) is 14.3. The zero-order valence-corrected chi connectivity index (χ0v) is 11.7. The molecule has 3 heteroatoms. The number of aliphatic imine (C=N–C) groups is 1. The number of phenols is 1. The van der Waals surface area contributed by atoms with Crippen molar-refractivity contribution in [2.45, 2.75) is 0 Å². The van der Waals surface area contributed by atoms with Gasteiger partial charge in [0, 0.05) is 33.9 Å². The summed E-state index contributed by atoms with van der Waals surface area (Å²) in [6, 6.07) is 21.3. The Labute approximate surface area is 128 Å². The van der Waals surface area contributed by atoms with Crippen molar-refractivity contribution in [1.82, 2.24) is 0 Å². The van der Waals surface area contributed by atoms with Crippen LogP contribution in [-0.4, -0.2) is 11.3 Å². The van der Waals surface area contributed by atoms with Crippen molar-refractivity contribution in [3.63, 3.8) is 0 Å². The van der Waals surface area contributed by atoms with E-state index in [2.05, 4.69) is 17.1 Å². The van der Waals surface area contributed by atoms with Crippen LogP contribution in [-0.2, 0) is 16.8 Å². The molecule has 0 aliphatic heterocycles. The maximum absolute atomic E-state index is 9.71. The summed E-state index contributed by atoms with van der Waals surface area (Å²) in [5.74, 6) is 0.242. The second-order valence-corrected chi connectivity index (χ2v) is 4.32. The normalized spacial score (nSPS) is 10.6. The molecule has 0 saturated heterocycles. The largest absolute Gasteiger partial charge is 0.507 e. The third kappa shape index (κ3) is 2.90. The number of para-hydroxylation sites is 1. The van der Waals surface area contributed by atoms with Gasteiger partial charge < -0.3 is 5.11 Å². The summed E-state index contributed by atoms with van der Waals surface area (Å²) in [5, 5.41) is 12.0. The molecule has 0 heterocycles. The van der Waals surface area contributed by atoms with Crippen LogP contribution in [0.3, 0.4) is 0 Å². The molecule has 0 spiro atoms. The number of hydrogen-bond donors (Lipinski definition) is 1. The summed E-state index contributed by atoms with van der Waals surface area (Å²) < 4.78 is 0. The zero-order chi connectivity index (χ0) is 13.1. The van der Waals surface area contributed by atoms with Crippen molar-refractivity contribution in [3.05, 3.63) is 72.3 Å². The summed E-state index contributed by atoms with van der Waals surface area (Å²) in [6.45, 7) is 0. The van der Waals surface area contributed by atoms with Gasteiger partial charge in [0.05, 0.1) is 5.69 Å². The number of fused-ring (bicyclic) bond motifs is 1. The average Bonchev–Trinajstić information content (AvgIpc) is 2.46. The minimum atomic E-state index is 0. The Bertz CT molecular complexity index is 747. The van der Waals surface area contributed by atoms with E-state index in [1.165, 1.54) is 0 Å². The van der Waals surface area contributed by atoms with E-state index in [-0.39, 0.29) is 22.5 Å². The van der Waals surface area contributed by atoms with Crippen LogP contribution >= 0.6 is 0 Å². The van der Waals surface area contributed by atoms with Crippen LogP contribution in [0, 0.1) is 0 Å². The molecule has 0 bridgehead atoms. The molecule has 20 heavy (non-hydrogen) atoms. The maximum atomic E-state index is 9.71. The van der Waals surface area contributed by atoms with Crippen LogP contribution in [0.25, 0.3) is 10.8 Å². The van der Waals surface area contributed by atoms with Crippen molar-refractivity contribution in [1.29, 1.82) is 0 Å². The molecule has 3 rings (SSSR count). The van der Waals surface area contributed by atoms with E-state index in [9.17, 15) is 5.11 Å². The molecule has 0 amide bonds. The van der Waals surface area contributed by atoms with Gasteiger partial charge >= 0.3 is 0 Å². The second kappa shape index (κ2) is 6.37. The fraction of sp³-hybridized carbons (Fsp3) is 0. The molecule has 0 atom stereocenters. The third-order valence-electron chi connectivity index (χ3n) is 3.05. The van der Waals surface area contributed by atoms with Gasteiger partial charge in [0.1, 0.15) is 5.75 Å². The van der Waals surface area contributed by atoms with Crippen LogP contribution < -0.4 is 0 Å². The van der Waals surface area contributed by atoms with Crippen molar-refractivity contribution in [2.75, 3.05) is 0 Å². The topological polar surface area (TPSA) is 32.6 Å². The molecule has 3 aromatic carbocycles. The number of nitrogens with zero attached hydrogens (tertiary/aromatic N) is 1. The number of hydrogen-bond acceptors (Lipinski definition) is 2. The van der Waals surface area contributed by atoms with E-state index in [0.717, 1.165) is 22.0 Å². The maximum Gasteiger partial charge on any atom is 0.124 e. The molecule has 0 aliphatic rings. The summed E-state index contributed by atoms with van der Waals surface area (Å²) in [5.41, 5.74) is 1.62. The number of aromatic hydroxyl groups is 1. The van der Waals surface area contributed by atoms with Crippen LogP contribution in [0.15, 0.2) is 71.7 Å².